The van der Waals surface area contributed by atoms with Gasteiger partial charge in [0.25, 0.3) is 0 Å². The zero-order valence-corrected chi connectivity index (χ0v) is 11.8. The van der Waals surface area contributed by atoms with Crippen LogP contribution in [0.2, 0.25) is 10.0 Å². The summed E-state index contributed by atoms with van der Waals surface area (Å²) in [7, 11) is 0. The average molecular weight is 302 g/mol. The van der Waals surface area contributed by atoms with Crippen LogP contribution >= 0.6 is 23.2 Å². The Morgan fingerprint density at radius 1 is 0.950 bits per heavy atom. The van der Waals surface area contributed by atoms with E-state index in [2.05, 4.69) is 4.98 Å². The van der Waals surface area contributed by atoms with Crippen molar-refractivity contribution in [3.63, 3.8) is 0 Å². The van der Waals surface area contributed by atoms with Gasteiger partial charge in [0.1, 0.15) is 0 Å². The van der Waals surface area contributed by atoms with Gasteiger partial charge in [-0.05, 0) is 24.3 Å². The first-order chi connectivity index (χ1) is 9.66. The second-order valence-electron chi connectivity index (χ2n) is 4.34. The lowest BCUT2D eigenvalue weighted by Gasteiger charge is -2.06. The topological polar surface area (TPSA) is 30.0 Å². The number of carbonyl (C=O) groups excluding carboxylic acids is 1. The van der Waals surface area contributed by atoms with Crippen LogP contribution in [-0.2, 0) is 0 Å². The van der Waals surface area contributed by atoms with E-state index < -0.39 is 0 Å². The Hall–Kier alpha value is -1.90. The second-order valence-corrected chi connectivity index (χ2v) is 5.16. The maximum atomic E-state index is 12.5. The third-order valence-corrected chi connectivity index (χ3v) is 3.67. The van der Waals surface area contributed by atoms with Crippen LogP contribution < -0.4 is 0 Å². The molecule has 4 heteroatoms. The van der Waals surface area contributed by atoms with Crippen LogP contribution in [0.1, 0.15) is 15.9 Å². The predicted molar refractivity (Wildman–Crippen MR) is 81.6 cm³/mol. The number of ketones is 1. The Morgan fingerprint density at radius 3 is 2.40 bits per heavy atom. The lowest BCUT2D eigenvalue weighted by atomic mass is 10.0. The van der Waals surface area contributed by atoms with Gasteiger partial charge in [-0.15, -0.1) is 0 Å². The van der Waals surface area contributed by atoms with E-state index in [9.17, 15) is 4.79 Å². The maximum Gasteiger partial charge on any atom is 0.197 e. The summed E-state index contributed by atoms with van der Waals surface area (Å²) in [6.07, 6.45) is 1.55. The molecule has 0 radical (unpaired) electrons. The Balaban J connectivity index is 2.13. The van der Waals surface area contributed by atoms with Crippen molar-refractivity contribution >= 4 is 39.9 Å². The van der Waals surface area contributed by atoms with Crippen LogP contribution in [0.25, 0.3) is 10.9 Å². The molecule has 98 valence electrons. The Bertz CT molecular complexity index is 794. The molecule has 0 saturated carbocycles. The van der Waals surface area contributed by atoms with E-state index in [-0.39, 0.29) is 5.78 Å². The van der Waals surface area contributed by atoms with Gasteiger partial charge in [-0.3, -0.25) is 9.78 Å². The van der Waals surface area contributed by atoms with Crippen LogP contribution in [-0.4, -0.2) is 10.8 Å². The van der Waals surface area contributed by atoms with Crippen molar-refractivity contribution < 1.29 is 4.79 Å². The first kappa shape index (κ1) is 13.1. The Kier molecular flexibility index (Phi) is 3.43. The zero-order chi connectivity index (χ0) is 14.1. The molecule has 2 nitrogen and oxygen atoms in total. The number of hydrogen-bond donors (Lipinski definition) is 0. The molecule has 0 atom stereocenters. The Labute approximate surface area is 126 Å². The molecule has 0 unspecified atom stereocenters. The minimum Gasteiger partial charge on any atom is -0.288 e. The second kappa shape index (κ2) is 5.23. The molecular formula is C16H9Cl2NO. The molecule has 3 aromatic rings. The first-order valence-corrected chi connectivity index (χ1v) is 6.76. The molecule has 0 aliphatic heterocycles. The standard InChI is InChI=1S/C16H9Cl2NO/c17-12-5-3-6-13(18)15(12)16(20)11-8-10-4-1-2-7-14(10)19-9-11/h1-9H. The van der Waals surface area contributed by atoms with E-state index in [1.807, 2.05) is 24.3 Å². The van der Waals surface area contributed by atoms with Gasteiger partial charge >= 0.3 is 0 Å². The Morgan fingerprint density at radius 2 is 1.65 bits per heavy atom. The molecule has 20 heavy (non-hydrogen) atoms. The summed E-state index contributed by atoms with van der Waals surface area (Å²) in [6.45, 7) is 0. The molecule has 1 heterocycles. The largest absolute Gasteiger partial charge is 0.288 e. The monoisotopic (exact) mass is 301 g/mol. The number of aromatic nitrogens is 1. The van der Waals surface area contributed by atoms with Crippen molar-refractivity contribution in [2.24, 2.45) is 0 Å². The van der Waals surface area contributed by atoms with Crippen molar-refractivity contribution in [3.8, 4) is 0 Å². The number of para-hydroxylation sites is 1. The molecule has 0 N–H and O–H groups in total. The molecule has 1 aromatic heterocycles. The van der Waals surface area contributed by atoms with Gasteiger partial charge in [-0.2, -0.15) is 0 Å². The highest BCUT2D eigenvalue weighted by molar-refractivity contribution is 6.41. The first-order valence-electron chi connectivity index (χ1n) is 6.00. The highest BCUT2D eigenvalue weighted by atomic mass is 35.5. The fourth-order valence-corrected chi connectivity index (χ4v) is 2.62. The predicted octanol–water partition coefficient (Wildman–Crippen LogP) is 4.77. The molecule has 2 aromatic carbocycles. The number of hydrogen-bond acceptors (Lipinski definition) is 2. The molecule has 0 bridgehead atoms. The van der Waals surface area contributed by atoms with Gasteiger partial charge in [0, 0.05) is 17.1 Å². The van der Waals surface area contributed by atoms with Crippen molar-refractivity contribution in [2.75, 3.05) is 0 Å². The smallest absolute Gasteiger partial charge is 0.197 e. The minimum atomic E-state index is -0.223. The van der Waals surface area contributed by atoms with Crippen LogP contribution in [0.3, 0.4) is 0 Å². The highest BCUT2D eigenvalue weighted by Gasteiger charge is 2.17. The third-order valence-electron chi connectivity index (χ3n) is 3.04. The SMILES string of the molecule is O=C(c1cnc2ccccc2c1)c1c(Cl)cccc1Cl. The summed E-state index contributed by atoms with van der Waals surface area (Å²) in [4.78, 5) is 16.8. The van der Waals surface area contributed by atoms with Gasteiger partial charge in [0.15, 0.2) is 5.78 Å². The summed E-state index contributed by atoms with van der Waals surface area (Å²) in [6, 6.07) is 14.4. The van der Waals surface area contributed by atoms with Crippen molar-refractivity contribution in [1.29, 1.82) is 0 Å². The van der Waals surface area contributed by atoms with E-state index in [4.69, 9.17) is 23.2 Å². The quantitative estimate of drug-likeness (QED) is 0.638. The molecule has 3 rings (SSSR count). The minimum absolute atomic E-state index is 0.223. The number of nitrogens with zero attached hydrogens (tertiary/aromatic N) is 1. The van der Waals surface area contributed by atoms with Crippen LogP contribution in [0.15, 0.2) is 54.7 Å². The summed E-state index contributed by atoms with van der Waals surface area (Å²) < 4.78 is 0. The number of fused-ring (bicyclic) bond motifs is 1. The van der Waals surface area contributed by atoms with E-state index in [0.29, 0.717) is 21.2 Å². The van der Waals surface area contributed by atoms with Crippen molar-refractivity contribution in [3.05, 3.63) is 75.9 Å². The summed E-state index contributed by atoms with van der Waals surface area (Å²) in [5.74, 6) is -0.223. The zero-order valence-electron chi connectivity index (χ0n) is 10.3. The van der Waals surface area contributed by atoms with Gasteiger partial charge in [-0.1, -0.05) is 47.5 Å². The normalized spacial score (nSPS) is 10.7. The van der Waals surface area contributed by atoms with E-state index in [0.717, 1.165) is 10.9 Å². The third kappa shape index (κ3) is 2.28. The summed E-state index contributed by atoms with van der Waals surface area (Å²) in [5.41, 5.74) is 1.63. The number of pyridine rings is 1. The van der Waals surface area contributed by atoms with Crippen LogP contribution in [0, 0.1) is 0 Å². The summed E-state index contributed by atoms with van der Waals surface area (Å²) >= 11 is 12.1. The fraction of sp³-hybridized carbons (Fsp3) is 0. The molecule has 0 amide bonds. The average Bonchev–Trinajstić information content (AvgIpc) is 2.46. The number of rotatable bonds is 2. The molecular weight excluding hydrogens is 293 g/mol. The highest BCUT2D eigenvalue weighted by Crippen LogP contribution is 2.27. The van der Waals surface area contributed by atoms with Crippen molar-refractivity contribution in [2.45, 2.75) is 0 Å². The van der Waals surface area contributed by atoms with Crippen molar-refractivity contribution in [1.82, 2.24) is 4.98 Å². The van der Waals surface area contributed by atoms with E-state index >= 15 is 0 Å². The maximum absolute atomic E-state index is 12.5. The fourth-order valence-electron chi connectivity index (χ4n) is 2.05. The number of benzene rings is 2. The van der Waals surface area contributed by atoms with E-state index in [1.165, 1.54) is 0 Å². The lowest BCUT2D eigenvalue weighted by molar-refractivity contribution is 0.103. The van der Waals surface area contributed by atoms with Gasteiger partial charge in [0.05, 0.1) is 21.1 Å². The number of halogens is 2. The van der Waals surface area contributed by atoms with Gasteiger partial charge in [0.2, 0.25) is 0 Å². The van der Waals surface area contributed by atoms with Crippen LogP contribution in [0.5, 0.6) is 0 Å². The summed E-state index contributed by atoms with van der Waals surface area (Å²) in [5, 5.41) is 1.59. The lowest BCUT2D eigenvalue weighted by Crippen LogP contribution is -2.04. The van der Waals surface area contributed by atoms with Gasteiger partial charge < -0.3 is 0 Å². The molecule has 0 aliphatic carbocycles. The molecule has 0 spiro atoms. The molecule has 0 fully saturated rings. The van der Waals surface area contributed by atoms with Gasteiger partial charge in [-0.25, -0.2) is 0 Å². The molecule has 0 saturated heterocycles. The molecule has 0 aliphatic rings. The van der Waals surface area contributed by atoms with Crippen LogP contribution in [0.4, 0.5) is 0 Å². The van der Waals surface area contributed by atoms with E-state index in [1.54, 1.807) is 30.5 Å². The number of carbonyl (C=O) groups is 1.